The van der Waals surface area contributed by atoms with E-state index in [0.717, 1.165) is 31.7 Å². The number of rotatable bonds is 9. The molecule has 0 spiro atoms. The molecule has 4 rings (SSSR count). The van der Waals surface area contributed by atoms with Crippen molar-refractivity contribution in [2.45, 2.75) is 31.9 Å². The fourth-order valence-electron chi connectivity index (χ4n) is 4.64. The van der Waals surface area contributed by atoms with Crippen LogP contribution in [0.1, 0.15) is 35.2 Å². The van der Waals surface area contributed by atoms with Gasteiger partial charge in [-0.2, -0.15) is 0 Å². The summed E-state index contributed by atoms with van der Waals surface area (Å²) in [6, 6.07) is 27.0. The highest BCUT2D eigenvalue weighted by Gasteiger charge is 2.32. The van der Waals surface area contributed by atoms with E-state index in [0.29, 0.717) is 12.4 Å². The SMILES string of the molecule is CCOC(=O)COc1cccc(C(c2ccccc2)N2CCN(Cc3cccc(C)c3)CC2Cl)c1. The normalized spacial score (nSPS) is 17.6. The largest absolute Gasteiger partial charge is 0.482 e. The van der Waals surface area contributed by atoms with Crippen LogP contribution in [0.15, 0.2) is 78.9 Å². The average Bonchev–Trinajstić information content (AvgIpc) is 2.85. The number of ether oxygens (including phenoxy) is 2. The van der Waals surface area contributed by atoms with Crippen LogP contribution < -0.4 is 4.74 Å². The Morgan fingerprint density at radius 2 is 1.77 bits per heavy atom. The molecule has 5 nitrogen and oxygen atoms in total. The monoisotopic (exact) mass is 492 g/mol. The molecule has 35 heavy (non-hydrogen) atoms. The van der Waals surface area contributed by atoms with Gasteiger partial charge in [0.05, 0.1) is 18.1 Å². The fraction of sp³-hybridized carbons (Fsp3) is 0.345. The molecule has 0 saturated carbocycles. The molecule has 0 amide bonds. The summed E-state index contributed by atoms with van der Waals surface area (Å²) < 4.78 is 10.7. The molecule has 1 saturated heterocycles. The number of hydrogen-bond donors (Lipinski definition) is 0. The Kier molecular flexibility index (Phi) is 8.80. The maximum absolute atomic E-state index is 11.7. The highest BCUT2D eigenvalue weighted by Crippen LogP contribution is 2.34. The van der Waals surface area contributed by atoms with Crippen LogP contribution in [0, 0.1) is 6.92 Å². The van der Waals surface area contributed by atoms with E-state index in [-0.39, 0.29) is 24.1 Å². The Balaban J connectivity index is 1.52. The molecule has 2 atom stereocenters. The number of carbonyl (C=O) groups excluding carboxylic acids is 1. The van der Waals surface area contributed by atoms with E-state index in [9.17, 15) is 4.79 Å². The van der Waals surface area contributed by atoms with Crippen LogP contribution in [0.5, 0.6) is 5.75 Å². The molecule has 0 N–H and O–H groups in total. The third-order valence-corrected chi connectivity index (χ3v) is 6.60. The second-order valence-corrected chi connectivity index (χ2v) is 9.38. The van der Waals surface area contributed by atoms with Crippen LogP contribution in [0.4, 0.5) is 0 Å². The lowest BCUT2D eigenvalue weighted by Gasteiger charge is -2.43. The van der Waals surface area contributed by atoms with Crippen molar-refractivity contribution < 1.29 is 14.3 Å². The number of alkyl halides is 1. The molecule has 1 heterocycles. The van der Waals surface area contributed by atoms with Crippen molar-refractivity contribution in [2.24, 2.45) is 0 Å². The van der Waals surface area contributed by atoms with Gasteiger partial charge in [-0.25, -0.2) is 4.79 Å². The number of benzene rings is 3. The summed E-state index contributed by atoms with van der Waals surface area (Å²) in [5.41, 5.74) is 4.69. The molecule has 0 aromatic heterocycles. The Morgan fingerprint density at radius 3 is 2.51 bits per heavy atom. The minimum atomic E-state index is -0.372. The lowest BCUT2D eigenvalue weighted by atomic mass is 9.96. The first-order valence-corrected chi connectivity index (χ1v) is 12.6. The maximum atomic E-state index is 11.7. The predicted octanol–water partition coefficient (Wildman–Crippen LogP) is 5.41. The van der Waals surface area contributed by atoms with E-state index in [1.807, 2.05) is 24.3 Å². The van der Waals surface area contributed by atoms with Crippen molar-refractivity contribution >= 4 is 17.6 Å². The number of halogens is 1. The molecule has 0 aliphatic carbocycles. The Hall–Kier alpha value is -2.86. The number of carbonyl (C=O) groups is 1. The van der Waals surface area contributed by atoms with Gasteiger partial charge in [0.1, 0.15) is 5.75 Å². The zero-order valence-electron chi connectivity index (χ0n) is 20.4. The topological polar surface area (TPSA) is 42.0 Å². The molecule has 1 aliphatic heterocycles. The summed E-state index contributed by atoms with van der Waals surface area (Å²) in [7, 11) is 0. The van der Waals surface area contributed by atoms with Crippen LogP contribution in [0.3, 0.4) is 0 Å². The van der Waals surface area contributed by atoms with Gasteiger partial charge in [0.2, 0.25) is 0 Å². The van der Waals surface area contributed by atoms with Gasteiger partial charge in [-0.05, 0) is 42.7 Å². The quantitative estimate of drug-likeness (QED) is 0.227. The molecule has 184 valence electrons. The number of aryl methyl sites for hydroxylation is 1. The van der Waals surface area contributed by atoms with Crippen LogP contribution in [-0.4, -0.2) is 54.1 Å². The van der Waals surface area contributed by atoms with Crippen LogP contribution >= 0.6 is 11.6 Å². The van der Waals surface area contributed by atoms with Gasteiger partial charge in [-0.1, -0.05) is 72.3 Å². The first-order chi connectivity index (χ1) is 17.0. The van der Waals surface area contributed by atoms with Crippen LogP contribution in [0.2, 0.25) is 0 Å². The molecular formula is C29H33ClN2O3. The van der Waals surface area contributed by atoms with Crippen molar-refractivity contribution in [1.82, 2.24) is 9.80 Å². The van der Waals surface area contributed by atoms with E-state index in [1.165, 1.54) is 16.7 Å². The highest BCUT2D eigenvalue weighted by molar-refractivity contribution is 6.20. The molecule has 0 bridgehead atoms. The minimum absolute atomic E-state index is 0.0223. The molecule has 3 aromatic rings. The van der Waals surface area contributed by atoms with Gasteiger partial charge in [0, 0.05) is 26.2 Å². The zero-order valence-corrected chi connectivity index (χ0v) is 21.2. The molecule has 2 unspecified atom stereocenters. The lowest BCUT2D eigenvalue weighted by Crippen LogP contribution is -2.51. The van der Waals surface area contributed by atoms with Crippen molar-refractivity contribution in [1.29, 1.82) is 0 Å². The Morgan fingerprint density at radius 1 is 1.00 bits per heavy atom. The highest BCUT2D eigenvalue weighted by atomic mass is 35.5. The van der Waals surface area contributed by atoms with Gasteiger partial charge in [0.15, 0.2) is 6.61 Å². The number of nitrogens with zero attached hydrogens (tertiary/aromatic N) is 2. The third kappa shape index (κ3) is 6.85. The van der Waals surface area contributed by atoms with Gasteiger partial charge in [-0.3, -0.25) is 9.80 Å². The Labute approximate surface area is 213 Å². The van der Waals surface area contributed by atoms with E-state index < -0.39 is 0 Å². The minimum Gasteiger partial charge on any atom is -0.482 e. The summed E-state index contributed by atoms with van der Waals surface area (Å²) in [5.74, 6) is 0.267. The summed E-state index contributed by atoms with van der Waals surface area (Å²) in [6.45, 7) is 7.58. The standard InChI is InChI=1S/C29H33ClN2O3/c1-3-34-28(33)21-35-26-14-8-13-25(18-26)29(24-11-5-4-6-12-24)32-16-15-31(20-27(32)30)19-23-10-7-9-22(2)17-23/h4-14,17-18,27,29H,3,15-16,19-21H2,1-2H3. The van der Waals surface area contributed by atoms with E-state index in [4.69, 9.17) is 21.1 Å². The van der Waals surface area contributed by atoms with Crippen molar-refractivity contribution in [3.8, 4) is 5.75 Å². The molecular weight excluding hydrogens is 460 g/mol. The lowest BCUT2D eigenvalue weighted by molar-refractivity contribution is -0.145. The summed E-state index contributed by atoms with van der Waals surface area (Å²) >= 11 is 7.04. The second kappa shape index (κ2) is 12.2. The first kappa shape index (κ1) is 25.2. The first-order valence-electron chi connectivity index (χ1n) is 12.1. The average molecular weight is 493 g/mol. The van der Waals surface area contributed by atoms with Crippen LogP contribution in [-0.2, 0) is 16.1 Å². The van der Waals surface area contributed by atoms with Crippen molar-refractivity contribution in [2.75, 3.05) is 32.8 Å². The molecule has 1 fully saturated rings. The summed E-state index contributed by atoms with van der Waals surface area (Å²) in [5, 5.41) is 0. The van der Waals surface area contributed by atoms with E-state index >= 15 is 0 Å². The second-order valence-electron chi connectivity index (χ2n) is 8.88. The number of hydrogen-bond acceptors (Lipinski definition) is 5. The molecule has 1 aliphatic rings. The van der Waals surface area contributed by atoms with Gasteiger partial charge in [-0.15, -0.1) is 11.6 Å². The predicted molar refractivity (Wildman–Crippen MR) is 140 cm³/mol. The van der Waals surface area contributed by atoms with Gasteiger partial charge < -0.3 is 9.47 Å². The smallest absolute Gasteiger partial charge is 0.344 e. The number of esters is 1. The fourth-order valence-corrected chi connectivity index (χ4v) is 5.04. The third-order valence-electron chi connectivity index (χ3n) is 6.21. The molecule has 0 radical (unpaired) electrons. The van der Waals surface area contributed by atoms with E-state index in [2.05, 4.69) is 71.3 Å². The molecule has 3 aromatic carbocycles. The zero-order chi connectivity index (χ0) is 24.6. The summed E-state index contributed by atoms with van der Waals surface area (Å²) in [4.78, 5) is 16.5. The van der Waals surface area contributed by atoms with Crippen molar-refractivity contribution in [3.05, 3.63) is 101 Å². The van der Waals surface area contributed by atoms with Crippen LogP contribution in [0.25, 0.3) is 0 Å². The van der Waals surface area contributed by atoms with Gasteiger partial charge in [0.25, 0.3) is 0 Å². The number of piperazine rings is 1. The van der Waals surface area contributed by atoms with Gasteiger partial charge >= 0.3 is 5.97 Å². The van der Waals surface area contributed by atoms with E-state index in [1.54, 1.807) is 6.92 Å². The molecule has 6 heteroatoms. The maximum Gasteiger partial charge on any atom is 0.344 e. The Bertz CT molecular complexity index is 1110. The summed E-state index contributed by atoms with van der Waals surface area (Å²) in [6.07, 6.45) is 0. The van der Waals surface area contributed by atoms with Crippen molar-refractivity contribution in [3.63, 3.8) is 0 Å².